The van der Waals surface area contributed by atoms with Crippen molar-refractivity contribution in [2.75, 3.05) is 13.7 Å². The van der Waals surface area contributed by atoms with E-state index in [0.717, 1.165) is 11.0 Å². The third kappa shape index (κ3) is 7.17. The zero-order valence-electron chi connectivity index (χ0n) is 32.9. The minimum Gasteiger partial charge on any atom is -0.507 e. The van der Waals surface area contributed by atoms with Gasteiger partial charge in [0.1, 0.15) is 42.2 Å². The first-order valence-corrected chi connectivity index (χ1v) is 19.3. The summed E-state index contributed by atoms with van der Waals surface area (Å²) in [7, 11) is 0.802. The first-order chi connectivity index (χ1) is 27.3. The van der Waals surface area contributed by atoms with Gasteiger partial charge in [0.2, 0.25) is 5.78 Å². The normalized spacial score (nSPS) is 27.0. The second-order valence-electron chi connectivity index (χ2n) is 16.2. The number of rotatable bonds is 9. The zero-order chi connectivity index (χ0) is 42.1. The predicted octanol–water partition coefficient (Wildman–Crippen LogP) is 2.43. The molecule has 0 saturated carbocycles. The van der Waals surface area contributed by atoms with Crippen molar-refractivity contribution in [1.29, 1.82) is 0 Å². The lowest BCUT2D eigenvalue weighted by Crippen LogP contribution is -2.55. The van der Waals surface area contributed by atoms with Gasteiger partial charge >= 0.3 is 7.12 Å². The van der Waals surface area contributed by atoms with Crippen molar-refractivity contribution in [3.63, 3.8) is 0 Å². The molecule has 2 fully saturated rings. The number of benzene rings is 3. The topological polar surface area (TPSA) is 220 Å². The van der Waals surface area contributed by atoms with Crippen molar-refractivity contribution in [2.24, 2.45) is 0 Å². The average molecular weight is 820 g/mol. The van der Waals surface area contributed by atoms with Gasteiger partial charge in [0.25, 0.3) is 5.17 Å². The number of ether oxygens (including phenoxy) is 4. The second kappa shape index (κ2) is 15.3. The molecule has 58 heavy (non-hydrogen) atoms. The lowest BCUT2D eigenvalue weighted by Gasteiger charge is -2.43. The molecule has 4 aliphatic rings. The molecule has 3 aromatic carbocycles. The third-order valence-electron chi connectivity index (χ3n) is 11.9. The highest BCUT2D eigenvalue weighted by Gasteiger charge is 2.52. The molecule has 7 rings (SSSR count). The molecule has 0 amide bonds. The largest absolute Gasteiger partial charge is 0.507 e. The van der Waals surface area contributed by atoms with Crippen LogP contribution in [0.15, 0.2) is 42.5 Å². The maximum atomic E-state index is 14.0. The summed E-state index contributed by atoms with van der Waals surface area (Å²) in [5, 5.41) is 58.9. The van der Waals surface area contributed by atoms with E-state index in [1.54, 1.807) is 6.92 Å². The average Bonchev–Trinajstić information content (AvgIpc) is 3.41. The van der Waals surface area contributed by atoms with Gasteiger partial charge in [0, 0.05) is 36.0 Å². The standard InChI is InChI=1S/C41H46BNO14S/c1-19-33(46)24(43-38(58)53-18-20-10-12-21(13-11-20)42-56-39(2,3)40(4,5)57-42)14-28(54-19)55-26-16-41(51,27(45)17-44)15-23-30(26)37(50)32-31(35(23)48)34(47)22-8-7-9-25(52-6)29(22)36(32)49/h7-13,19,24,26,28,33,44,46,48,50-51H,14-18H2,1-6H3,(H,43,58)/t19-,24-,26-,28-,33+,41-/m0/s1. The van der Waals surface area contributed by atoms with Gasteiger partial charge in [0.15, 0.2) is 17.9 Å². The Balaban J connectivity index is 1.10. The lowest BCUT2D eigenvalue weighted by atomic mass is 9.72. The summed E-state index contributed by atoms with van der Waals surface area (Å²) >= 11 is 5.48. The number of aromatic hydroxyl groups is 2. The number of nitrogens with one attached hydrogen (secondary N) is 1. The van der Waals surface area contributed by atoms with Crippen molar-refractivity contribution in [3.05, 3.63) is 81.4 Å². The van der Waals surface area contributed by atoms with Gasteiger partial charge in [-0.05, 0) is 63.9 Å². The highest BCUT2D eigenvalue weighted by Crippen LogP contribution is 2.52. The molecule has 2 aliphatic heterocycles. The number of fused-ring (bicyclic) bond motifs is 3. The zero-order valence-corrected chi connectivity index (χ0v) is 33.7. The molecule has 6 atom stereocenters. The quantitative estimate of drug-likeness (QED) is 0.0812. The molecule has 0 radical (unpaired) electrons. The Hall–Kier alpha value is -4.46. The van der Waals surface area contributed by atoms with E-state index in [1.165, 1.54) is 25.3 Å². The summed E-state index contributed by atoms with van der Waals surface area (Å²) in [4.78, 5) is 40.7. The van der Waals surface area contributed by atoms with Crippen molar-refractivity contribution < 1.29 is 68.2 Å². The number of carbonyl (C=O) groups is 3. The van der Waals surface area contributed by atoms with E-state index in [-0.39, 0.29) is 46.2 Å². The fourth-order valence-corrected chi connectivity index (χ4v) is 8.16. The summed E-state index contributed by atoms with van der Waals surface area (Å²) in [5.41, 5.74) is -3.18. The summed E-state index contributed by atoms with van der Waals surface area (Å²) < 4.78 is 35.7. The summed E-state index contributed by atoms with van der Waals surface area (Å²) in [5.74, 6) is -3.94. The van der Waals surface area contributed by atoms with Crippen LogP contribution in [0.4, 0.5) is 0 Å². The molecule has 0 aromatic heterocycles. The SMILES string of the molecule is COc1cccc2c1C(=O)c1c(O)c3c(c(O)c1C2=O)C[C@@](O)(C(=O)CO)C[C@@H]3O[C@H]1C[C@H](NC(=S)OCc2ccc(B3OC(C)(C)C(C)(C)O3)cc2)[C@H](O)[C@H](C)O1. The van der Waals surface area contributed by atoms with E-state index in [9.17, 15) is 39.9 Å². The number of Topliss-reactive ketones (excluding diaryl/α,β-unsaturated/α-hetero) is 1. The monoisotopic (exact) mass is 819 g/mol. The molecular weight excluding hydrogens is 773 g/mol. The molecule has 0 unspecified atom stereocenters. The highest BCUT2D eigenvalue weighted by molar-refractivity contribution is 7.80. The first kappa shape index (κ1) is 41.7. The smallest absolute Gasteiger partial charge is 0.494 e. The molecule has 308 valence electrons. The molecule has 6 N–H and O–H groups in total. The molecule has 0 bridgehead atoms. The number of thiocarbonyl (C=S) groups is 1. The fraction of sp³-hybridized carbons (Fsp3) is 0.463. The van der Waals surface area contributed by atoms with E-state index in [1.807, 2.05) is 52.0 Å². The lowest BCUT2D eigenvalue weighted by molar-refractivity contribution is -0.248. The van der Waals surface area contributed by atoms with Crippen LogP contribution in [0.3, 0.4) is 0 Å². The number of aliphatic hydroxyl groups is 3. The van der Waals surface area contributed by atoms with E-state index >= 15 is 0 Å². The molecule has 15 nitrogen and oxygen atoms in total. The van der Waals surface area contributed by atoms with Gasteiger partial charge in [-0.1, -0.05) is 36.4 Å². The van der Waals surface area contributed by atoms with Crippen molar-refractivity contribution >= 4 is 47.3 Å². The van der Waals surface area contributed by atoms with Gasteiger partial charge in [-0.2, -0.15) is 0 Å². The van der Waals surface area contributed by atoms with Crippen LogP contribution in [0.25, 0.3) is 0 Å². The second-order valence-corrected chi connectivity index (χ2v) is 16.5. The van der Waals surface area contributed by atoms with Crippen LogP contribution in [-0.2, 0) is 41.3 Å². The molecule has 0 spiro atoms. The number of phenolic OH excluding ortho intramolecular Hbond substituents is 2. The summed E-state index contributed by atoms with van der Waals surface area (Å²) in [6.45, 7) is 8.57. The van der Waals surface area contributed by atoms with Crippen molar-refractivity contribution in [2.45, 2.75) is 108 Å². The van der Waals surface area contributed by atoms with Gasteiger partial charge in [0.05, 0.1) is 53.3 Å². The Kier molecular flexibility index (Phi) is 11.0. The number of aliphatic hydroxyl groups excluding tert-OH is 2. The minimum absolute atomic E-state index is 0.0223. The maximum Gasteiger partial charge on any atom is 0.494 e. The number of phenols is 2. The van der Waals surface area contributed by atoms with Crippen LogP contribution in [0.1, 0.15) is 102 Å². The molecule has 2 saturated heterocycles. The van der Waals surface area contributed by atoms with Crippen LogP contribution in [-0.4, -0.2) is 110 Å². The Morgan fingerprint density at radius 3 is 2.28 bits per heavy atom. The van der Waals surface area contributed by atoms with E-state index in [0.29, 0.717) is 0 Å². The van der Waals surface area contributed by atoms with Crippen LogP contribution in [0.2, 0.25) is 0 Å². The summed E-state index contributed by atoms with van der Waals surface area (Å²) in [6, 6.07) is 11.1. The van der Waals surface area contributed by atoms with Crippen LogP contribution in [0, 0.1) is 0 Å². The Morgan fingerprint density at radius 1 is 0.983 bits per heavy atom. The number of carbonyl (C=O) groups excluding carboxylic acids is 3. The number of hydrogen-bond acceptors (Lipinski definition) is 15. The van der Waals surface area contributed by atoms with Gasteiger partial charge in [-0.15, -0.1) is 0 Å². The van der Waals surface area contributed by atoms with Gasteiger partial charge < -0.3 is 59.1 Å². The first-order valence-electron chi connectivity index (χ1n) is 18.9. The van der Waals surface area contributed by atoms with E-state index in [2.05, 4.69) is 5.32 Å². The van der Waals surface area contributed by atoms with E-state index < -0.39 is 114 Å². The minimum atomic E-state index is -2.32. The molecule has 2 aliphatic carbocycles. The molecule has 2 heterocycles. The van der Waals surface area contributed by atoms with Crippen molar-refractivity contribution in [3.8, 4) is 17.2 Å². The maximum absolute atomic E-state index is 14.0. The van der Waals surface area contributed by atoms with Gasteiger partial charge in [-0.25, -0.2) is 0 Å². The molecular formula is C41H46BNO14S. The number of methoxy groups -OCH3 is 1. The molecule has 17 heteroatoms. The number of hydrogen-bond donors (Lipinski definition) is 6. The third-order valence-corrected chi connectivity index (χ3v) is 12.2. The van der Waals surface area contributed by atoms with Crippen molar-refractivity contribution in [1.82, 2.24) is 5.32 Å². The predicted molar refractivity (Wildman–Crippen MR) is 210 cm³/mol. The molecule has 3 aromatic rings. The number of ketones is 3. The van der Waals surface area contributed by atoms with Crippen LogP contribution >= 0.6 is 12.2 Å². The van der Waals surface area contributed by atoms with E-state index in [4.69, 9.17) is 40.5 Å². The Labute approximate surface area is 340 Å². The van der Waals surface area contributed by atoms with Crippen LogP contribution in [0.5, 0.6) is 17.2 Å². The Bertz CT molecular complexity index is 2160. The highest BCUT2D eigenvalue weighted by atomic mass is 32.1. The summed E-state index contributed by atoms with van der Waals surface area (Å²) in [6.07, 6.45) is -5.77. The van der Waals surface area contributed by atoms with Crippen LogP contribution < -0.4 is 15.5 Å². The Morgan fingerprint density at radius 2 is 1.64 bits per heavy atom. The van der Waals surface area contributed by atoms with Gasteiger partial charge in [-0.3, -0.25) is 14.4 Å². The fourth-order valence-electron chi connectivity index (χ4n) is 7.95.